The van der Waals surface area contributed by atoms with Gasteiger partial charge >= 0.3 is 0 Å². The van der Waals surface area contributed by atoms with E-state index >= 15 is 0 Å². The average Bonchev–Trinajstić information content (AvgIpc) is 2.64. The van der Waals surface area contributed by atoms with E-state index in [0.29, 0.717) is 23.2 Å². The van der Waals surface area contributed by atoms with E-state index in [2.05, 4.69) is 25.5 Å². The van der Waals surface area contributed by atoms with Gasteiger partial charge in [0, 0.05) is 42.6 Å². The van der Waals surface area contributed by atoms with Crippen LogP contribution in [0.4, 0.5) is 11.6 Å². The van der Waals surface area contributed by atoms with Crippen molar-refractivity contribution >= 4 is 29.1 Å². The first-order chi connectivity index (χ1) is 13.0. The molecule has 0 bridgehead atoms. The Morgan fingerprint density at radius 3 is 2.74 bits per heavy atom. The number of morpholine rings is 1. The number of benzene rings is 1. The van der Waals surface area contributed by atoms with Crippen LogP contribution in [0.25, 0.3) is 0 Å². The molecular formula is C19H24ClN5O2. The van der Waals surface area contributed by atoms with E-state index in [4.69, 9.17) is 16.3 Å². The lowest BCUT2D eigenvalue weighted by Crippen LogP contribution is -2.41. The molecule has 2 N–H and O–H groups in total. The highest BCUT2D eigenvalue weighted by atomic mass is 35.5. The van der Waals surface area contributed by atoms with Crippen molar-refractivity contribution in [2.75, 3.05) is 44.7 Å². The van der Waals surface area contributed by atoms with Gasteiger partial charge < -0.3 is 15.4 Å². The first-order valence-electron chi connectivity index (χ1n) is 8.98. The molecule has 1 aliphatic heterocycles. The van der Waals surface area contributed by atoms with Crippen LogP contribution in [-0.4, -0.2) is 60.2 Å². The van der Waals surface area contributed by atoms with Crippen LogP contribution >= 0.6 is 11.6 Å². The molecule has 0 spiro atoms. The Labute approximate surface area is 164 Å². The van der Waals surface area contributed by atoms with Gasteiger partial charge in [-0.3, -0.25) is 9.69 Å². The number of nitrogens with zero attached hydrogens (tertiary/aromatic N) is 3. The Morgan fingerprint density at radius 2 is 2.00 bits per heavy atom. The van der Waals surface area contributed by atoms with Gasteiger partial charge in [-0.15, -0.1) is 0 Å². The smallest absolute Gasteiger partial charge is 0.270 e. The number of anilines is 2. The molecule has 1 aliphatic rings. The van der Waals surface area contributed by atoms with Crippen LogP contribution in [0.1, 0.15) is 21.7 Å². The number of carbonyl (C=O) groups is 1. The van der Waals surface area contributed by atoms with Crippen LogP contribution in [0.15, 0.2) is 24.3 Å². The van der Waals surface area contributed by atoms with E-state index in [-0.39, 0.29) is 5.91 Å². The number of rotatable bonds is 6. The number of hydrogen-bond acceptors (Lipinski definition) is 6. The van der Waals surface area contributed by atoms with Gasteiger partial charge in [0.15, 0.2) is 0 Å². The Balaban J connectivity index is 1.62. The first-order valence-corrected chi connectivity index (χ1v) is 9.36. The minimum absolute atomic E-state index is 0.204. The third kappa shape index (κ3) is 5.63. The maximum atomic E-state index is 12.5. The summed E-state index contributed by atoms with van der Waals surface area (Å²) in [4.78, 5) is 23.5. The van der Waals surface area contributed by atoms with Crippen molar-refractivity contribution < 1.29 is 9.53 Å². The fourth-order valence-corrected chi connectivity index (χ4v) is 3.10. The Hall–Kier alpha value is -2.22. The Kier molecular flexibility index (Phi) is 6.60. The largest absolute Gasteiger partial charge is 0.379 e. The highest BCUT2D eigenvalue weighted by molar-refractivity contribution is 6.30. The predicted molar refractivity (Wildman–Crippen MR) is 106 cm³/mol. The van der Waals surface area contributed by atoms with Crippen molar-refractivity contribution in [3.63, 3.8) is 0 Å². The van der Waals surface area contributed by atoms with E-state index in [9.17, 15) is 4.79 Å². The van der Waals surface area contributed by atoms with Gasteiger partial charge in [0.25, 0.3) is 5.91 Å². The van der Waals surface area contributed by atoms with Crippen molar-refractivity contribution in [1.82, 2.24) is 20.2 Å². The molecule has 0 radical (unpaired) electrons. The van der Waals surface area contributed by atoms with Gasteiger partial charge in [-0.25, -0.2) is 9.97 Å². The molecule has 27 heavy (non-hydrogen) atoms. The number of nitrogens with one attached hydrogen (secondary N) is 2. The lowest BCUT2D eigenvalue weighted by atomic mass is 10.2. The van der Waals surface area contributed by atoms with Crippen molar-refractivity contribution in [3.05, 3.63) is 46.2 Å². The van der Waals surface area contributed by atoms with Gasteiger partial charge in [-0.2, -0.15) is 0 Å². The average molecular weight is 390 g/mol. The van der Waals surface area contributed by atoms with E-state index in [1.165, 1.54) is 0 Å². The van der Waals surface area contributed by atoms with Crippen molar-refractivity contribution in [1.29, 1.82) is 0 Å². The molecule has 1 aromatic carbocycles. The number of aromatic nitrogens is 2. The summed E-state index contributed by atoms with van der Waals surface area (Å²) in [5, 5.41) is 6.76. The highest BCUT2D eigenvalue weighted by Crippen LogP contribution is 2.22. The van der Waals surface area contributed by atoms with Crippen molar-refractivity contribution in [3.8, 4) is 0 Å². The second-order valence-electron chi connectivity index (χ2n) is 6.51. The number of halogens is 1. The van der Waals surface area contributed by atoms with Crippen molar-refractivity contribution in [2.45, 2.75) is 13.8 Å². The van der Waals surface area contributed by atoms with Crippen molar-refractivity contribution in [2.24, 2.45) is 0 Å². The summed E-state index contributed by atoms with van der Waals surface area (Å²) in [5.41, 5.74) is 2.89. The normalized spacial score (nSPS) is 14.8. The third-order valence-corrected chi connectivity index (χ3v) is 4.57. The zero-order chi connectivity index (χ0) is 19.2. The molecule has 1 amide bonds. The van der Waals surface area contributed by atoms with Gasteiger partial charge in [0.05, 0.1) is 13.2 Å². The van der Waals surface area contributed by atoms with Crippen LogP contribution in [-0.2, 0) is 4.74 Å². The van der Waals surface area contributed by atoms with Gasteiger partial charge in [-0.05, 0) is 43.7 Å². The molecule has 0 unspecified atom stereocenters. The standard InChI is InChI=1S/C19H24ClN5O2/c1-13-11-15(20)3-4-16(13)23-19-22-14(2)12-17(24-19)18(26)21-5-6-25-7-9-27-10-8-25/h3-4,11-12H,5-10H2,1-2H3,(H,21,26)(H,22,23,24). The zero-order valence-corrected chi connectivity index (χ0v) is 16.3. The Morgan fingerprint density at radius 1 is 1.22 bits per heavy atom. The fraction of sp³-hybridized carbons (Fsp3) is 0.421. The van der Waals surface area contributed by atoms with Crippen LogP contribution < -0.4 is 10.6 Å². The van der Waals surface area contributed by atoms with Crippen LogP contribution in [0.5, 0.6) is 0 Å². The highest BCUT2D eigenvalue weighted by Gasteiger charge is 2.13. The molecule has 1 aromatic heterocycles. The molecular weight excluding hydrogens is 366 g/mol. The van der Waals surface area contributed by atoms with E-state index in [0.717, 1.165) is 49.8 Å². The maximum Gasteiger partial charge on any atom is 0.270 e. The van der Waals surface area contributed by atoms with E-state index < -0.39 is 0 Å². The number of ether oxygens (including phenoxy) is 1. The molecule has 0 aliphatic carbocycles. The minimum Gasteiger partial charge on any atom is -0.379 e. The number of aryl methyl sites for hydroxylation is 2. The second kappa shape index (κ2) is 9.12. The van der Waals surface area contributed by atoms with Crippen LogP contribution in [0, 0.1) is 13.8 Å². The molecule has 2 aromatic rings. The molecule has 7 nitrogen and oxygen atoms in total. The fourth-order valence-electron chi connectivity index (χ4n) is 2.87. The molecule has 1 fully saturated rings. The summed E-state index contributed by atoms with van der Waals surface area (Å²) in [6.07, 6.45) is 0. The molecule has 8 heteroatoms. The molecule has 144 valence electrons. The number of amides is 1. The quantitative estimate of drug-likeness (QED) is 0.790. The first kappa shape index (κ1) is 19.5. The molecule has 2 heterocycles. The lowest BCUT2D eigenvalue weighted by molar-refractivity contribution is 0.0383. The molecule has 1 saturated heterocycles. The van der Waals surface area contributed by atoms with Crippen LogP contribution in [0.3, 0.4) is 0 Å². The topological polar surface area (TPSA) is 79.4 Å². The van der Waals surface area contributed by atoms with Gasteiger partial charge in [0.1, 0.15) is 5.69 Å². The van der Waals surface area contributed by atoms with E-state index in [1.54, 1.807) is 12.1 Å². The summed E-state index contributed by atoms with van der Waals surface area (Å²) in [6, 6.07) is 7.21. The summed E-state index contributed by atoms with van der Waals surface area (Å²) in [5.74, 6) is 0.184. The lowest BCUT2D eigenvalue weighted by Gasteiger charge is -2.26. The molecule has 0 atom stereocenters. The minimum atomic E-state index is -0.204. The van der Waals surface area contributed by atoms with Gasteiger partial charge in [-0.1, -0.05) is 11.6 Å². The van der Waals surface area contributed by atoms with Gasteiger partial charge in [0.2, 0.25) is 5.95 Å². The van der Waals surface area contributed by atoms with E-state index in [1.807, 2.05) is 26.0 Å². The zero-order valence-electron chi connectivity index (χ0n) is 15.6. The third-order valence-electron chi connectivity index (χ3n) is 4.34. The summed E-state index contributed by atoms with van der Waals surface area (Å²) in [7, 11) is 0. The number of hydrogen-bond donors (Lipinski definition) is 2. The Bertz CT molecular complexity index is 809. The summed E-state index contributed by atoms with van der Waals surface area (Å²) < 4.78 is 5.33. The SMILES string of the molecule is Cc1cc(C(=O)NCCN2CCOCC2)nc(Nc2ccc(Cl)cc2C)n1. The molecule has 3 rings (SSSR count). The molecule has 0 saturated carbocycles. The maximum absolute atomic E-state index is 12.5. The summed E-state index contributed by atoms with van der Waals surface area (Å²) >= 11 is 5.99. The monoisotopic (exact) mass is 389 g/mol. The summed E-state index contributed by atoms with van der Waals surface area (Å²) in [6.45, 7) is 8.45. The van der Waals surface area contributed by atoms with Crippen LogP contribution in [0.2, 0.25) is 5.02 Å². The number of carbonyl (C=O) groups excluding carboxylic acids is 1. The second-order valence-corrected chi connectivity index (χ2v) is 6.95. The predicted octanol–water partition coefficient (Wildman–Crippen LogP) is 2.55.